The minimum absolute atomic E-state index is 0.146. The highest BCUT2D eigenvalue weighted by Crippen LogP contribution is 2.65. The van der Waals surface area contributed by atoms with Crippen LogP contribution in [0, 0.1) is 11.8 Å². The molecule has 1 heteroatoms. The van der Waals surface area contributed by atoms with E-state index < -0.39 is 0 Å². The van der Waals surface area contributed by atoms with Gasteiger partial charge in [0.15, 0.2) is 5.78 Å². The first-order valence-electron chi connectivity index (χ1n) is 7.26. The first kappa shape index (κ1) is 10.6. The van der Waals surface area contributed by atoms with Crippen LogP contribution in [0.25, 0.3) is 10.8 Å². The highest BCUT2D eigenvalue weighted by molar-refractivity contribution is 5.99. The summed E-state index contributed by atoms with van der Waals surface area (Å²) in [6.07, 6.45) is 7.92. The normalized spacial score (nSPS) is 32.7. The average molecular weight is 258 g/mol. The number of carbonyl (C=O) groups is 1. The lowest BCUT2D eigenvalue weighted by Crippen LogP contribution is -2.43. The van der Waals surface area contributed by atoms with Crippen molar-refractivity contribution >= 4 is 16.6 Å². The predicted molar refractivity (Wildman–Crippen MR) is 79.7 cm³/mol. The number of hydrogen-bond donors (Lipinski definition) is 0. The molecule has 1 fully saturated rings. The molecule has 0 N–H and O–H groups in total. The van der Waals surface area contributed by atoms with E-state index in [-0.39, 0.29) is 5.92 Å². The van der Waals surface area contributed by atoms with Gasteiger partial charge < -0.3 is 0 Å². The molecule has 2 aromatic rings. The second kappa shape index (κ2) is 3.49. The van der Waals surface area contributed by atoms with Crippen molar-refractivity contribution in [3.63, 3.8) is 0 Å². The monoisotopic (exact) mass is 258 g/mol. The second-order valence-corrected chi connectivity index (χ2v) is 6.09. The first-order chi connectivity index (χ1) is 9.86. The summed E-state index contributed by atoms with van der Waals surface area (Å²) >= 11 is 0. The quantitative estimate of drug-likeness (QED) is 0.699. The summed E-state index contributed by atoms with van der Waals surface area (Å²) in [5, 5.41) is 2.72. The van der Waals surface area contributed by atoms with E-state index in [0.29, 0.717) is 23.5 Å². The van der Waals surface area contributed by atoms with Crippen LogP contribution in [-0.2, 0) is 4.79 Å². The van der Waals surface area contributed by atoms with Crippen LogP contribution in [0.1, 0.15) is 23.0 Å². The van der Waals surface area contributed by atoms with E-state index in [1.54, 1.807) is 6.08 Å². The molecule has 0 spiro atoms. The summed E-state index contributed by atoms with van der Waals surface area (Å²) in [4.78, 5) is 12.4. The molecule has 3 aliphatic carbocycles. The number of allylic oxidation sites excluding steroid dienone is 4. The van der Waals surface area contributed by atoms with Gasteiger partial charge in [-0.1, -0.05) is 54.6 Å². The second-order valence-electron chi connectivity index (χ2n) is 6.09. The molecular weight excluding hydrogens is 244 g/mol. The van der Waals surface area contributed by atoms with E-state index >= 15 is 0 Å². The molecule has 0 aliphatic heterocycles. The maximum absolute atomic E-state index is 12.4. The van der Waals surface area contributed by atoms with Crippen LogP contribution < -0.4 is 0 Å². The molecule has 0 bridgehead atoms. The van der Waals surface area contributed by atoms with Crippen molar-refractivity contribution in [3.8, 4) is 0 Å². The maximum Gasteiger partial charge on any atom is 0.160 e. The van der Waals surface area contributed by atoms with Gasteiger partial charge >= 0.3 is 0 Å². The molecule has 0 amide bonds. The Morgan fingerprint density at radius 2 is 1.55 bits per heavy atom. The number of fused-ring (bicyclic) bond motifs is 6. The van der Waals surface area contributed by atoms with Gasteiger partial charge in [0.2, 0.25) is 0 Å². The molecule has 3 aliphatic rings. The maximum atomic E-state index is 12.4. The van der Waals surface area contributed by atoms with Crippen LogP contribution >= 0.6 is 0 Å². The summed E-state index contributed by atoms with van der Waals surface area (Å²) in [5.41, 5.74) is 2.84. The van der Waals surface area contributed by atoms with E-state index in [1.807, 2.05) is 12.2 Å². The molecule has 0 heterocycles. The molecule has 0 unspecified atom stereocenters. The van der Waals surface area contributed by atoms with Gasteiger partial charge in [0, 0.05) is 11.8 Å². The van der Waals surface area contributed by atoms with Crippen LogP contribution in [-0.4, -0.2) is 5.78 Å². The van der Waals surface area contributed by atoms with Crippen LogP contribution in [0.4, 0.5) is 0 Å². The zero-order valence-corrected chi connectivity index (χ0v) is 11.0. The topological polar surface area (TPSA) is 17.1 Å². The largest absolute Gasteiger partial charge is 0.294 e. The number of carbonyl (C=O) groups excluding carboxylic acids is 1. The minimum Gasteiger partial charge on any atom is -0.294 e. The minimum atomic E-state index is 0.146. The number of rotatable bonds is 0. The van der Waals surface area contributed by atoms with Gasteiger partial charge in [-0.2, -0.15) is 0 Å². The van der Waals surface area contributed by atoms with Crippen molar-refractivity contribution in [2.45, 2.75) is 11.8 Å². The van der Waals surface area contributed by atoms with E-state index in [0.717, 1.165) is 0 Å². The van der Waals surface area contributed by atoms with Crippen molar-refractivity contribution in [3.05, 3.63) is 71.8 Å². The summed E-state index contributed by atoms with van der Waals surface area (Å²) in [7, 11) is 0. The van der Waals surface area contributed by atoms with E-state index in [4.69, 9.17) is 0 Å². The highest BCUT2D eigenvalue weighted by atomic mass is 16.1. The fourth-order valence-corrected chi connectivity index (χ4v) is 4.58. The van der Waals surface area contributed by atoms with Gasteiger partial charge in [-0.3, -0.25) is 4.79 Å². The number of ketones is 1. The molecule has 1 nitrogen and oxygen atoms in total. The van der Waals surface area contributed by atoms with E-state index in [1.165, 1.54) is 21.9 Å². The molecular formula is C19H14O. The average Bonchev–Trinajstić information content (AvgIpc) is 2.61. The van der Waals surface area contributed by atoms with Gasteiger partial charge in [0.1, 0.15) is 0 Å². The highest BCUT2D eigenvalue weighted by Gasteiger charge is 2.56. The summed E-state index contributed by atoms with van der Waals surface area (Å²) in [5.74, 6) is 1.71. The Labute approximate surface area is 117 Å². The van der Waals surface area contributed by atoms with Gasteiger partial charge in [-0.15, -0.1) is 0 Å². The molecule has 1 saturated carbocycles. The van der Waals surface area contributed by atoms with Gasteiger partial charge in [-0.25, -0.2) is 0 Å². The van der Waals surface area contributed by atoms with Crippen molar-refractivity contribution in [1.29, 1.82) is 0 Å². The molecule has 2 aromatic carbocycles. The summed E-state index contributed by atoms with van der Waals surface area (Å²) in [6.45, 7) is 0. The number of hydrogen-bond acceptors (Lipinski definition) is 1. The van der Waals surface area contributed by atoms with Gasteiger partial charge in [0.25, 0.3) is 0 Å². The molecule has 96 valence electrons. The molecule has 4 atom stereocenters. The lowest BCUT2D eigenvalue weighted by molar-refractivity contribution is -0.124. The van der Waals surface area contributed by atoms with Crippen LogP contribution in [0.3, 0.4) is 0 Å². The van der Waals surface area contributed by atoms with Crippen LogP contribution in [0.2, 0.25) is 0 Å². The third kappa shape index (κ3) is 1.08. The van der Waals surface area contributed by atoms with Crippen molar-refractivity contribution in [2.24, 2.45) is 11.8 Å². The lowest BCUT2D eigenvalue weighted by atomic mass is 9.54. The summed E-state index contributed by atoms with van der Waals surface area (Å²) < 4.78 is 0. The standard InChI is InChI=1S/C19H14O/c20-15-10-2-1-7-14-17-12-8-3-5-11-6-4-9-13(16(11)12)19(17)18(14)15/h1-10,14,17-19H/t14-,17-,18-,19-/m1/s1. The fraction of sp³-hybridized carbons (Fsp3) is 0.211. The SMILES string of the molecule is O=C1C=CC=C[C@H]2[C@H]1[C@@H]1c3cccc4cccc(c34)[C@H]21. The third-order valence-electron chi connectivity index (χ3n) is 5.32. The third-order valence-corrected chi connectivity index (χ3v) is 5.32. The van der Waals surface area contributed by atoms with Crippen molar-refractivity contribution in [1.82, 2.24) is 0 Å². The van der Waals surface area contributed by atoms with E-state index in [9.17, 15) is 4.79 Å². The van der Waals surface area contributed by atoms with Gasteiger partial charge in [0.05, 0.1) is 0 Å². The number of benzene rings is 2. The van der Waals surface area contributed by atoms with E-state index in [2.05, 4.69) is 42.5 Å². The Balaban J connectivity index is 1.79. The Kier molecular flexibility index (Phi) is 1.85. The van der Waals surface area contributed by atoms with Crippen LogP contribution in [0.5, 0.6) is 0 Å². The van der Waals surface area contributed by atoms with Crippen LogP contribution in [0.15, 0.2) is 60.7 Å². The Morgan fingerprint density at radius 1 is 0.800 bits per heavy atom. The molecule has 0 saturated heterocycles. The molecule has 20 heavy (non-hydrogen) atoms. The zero-order chi connectivity index (χ0) is 13.3. The predicted octanol–water partition coefficient (Wildman–Crippen LogP) is 3.96. The first-order valence-corrected chi connectivity index (χ1v) is 7.26. The summed E-state index contributed by atoms with van der Waals surface area (Å²) in [6, 6.07) is 13.1. The van der Waals surface area contributed by atoms with Gasteiger partial charge in [-0.05, 0) is 39.8 Å². The lowest BCUT2D eigenvalue weighted by Gasteiger charge is -2.47. The Morgan fingerprint density at radius 3 is 2.35 bits per heavy atom. The molecule has 5 rings (SSSR count). The zero-order valence-electron chi connectivity index (χ0n) is 11.0. The smallest absolute Gasteiger partial charge is 0.160 e. The molecule has 0 radical (unpaired) electrons. The van der Waals surface area contributed by atoms with Crippen molar-refractivity contribution < 1.29 is 4.79 Å². The van der Waals surface area contributed by atoms with Crippen molar-refractivity contribution in [2.75, 3.05) is 0 Å². The molecule has 0 aromatic heterocycles. The Hall–Kier alpha value is -2.15. The Bertz CT molecular complexity index is 806. The fourth-order valence-electron chi connectivity index (χ4n) is 4.58.